The minimum atomic E-state index is -1.37. The number of carboxylic acid groups (broad SMARTS) is 10. The van der Waals surface area contributed by atoms with E-state index in [0.29, 0.717) is 51.4 Å². The molecule has 4 aliphatic rings. The first kappa shape index (κ1) is 97.2. The number of carboxylic acids is 10. The summed E-state index contributed by atoms with van der Waals surface area (Å²) in [6.07, 6.45) is 6.25. The largest absolute Gasteiger partial charge is 0.481 e. The minimum absolute atomic E-state index is 0.00725. The molecule has 4 aromatic carbocycles. The van der Waals surface area contributed by atoms with E-state index in [1.807, 2.05) is 0 Å². The summed E-state index contributed by atoms with van der Waals surface area (Å²) in [5, 5.41) is 80.5. The van der Waals surface area contributed by atoms with Crippen molar-refractivity contribution < 1.29 is 147 Å². The monoisotopic (exact) mass is 1710 g/mol. The molecule has 108 heavy (non-hydrogen) atoms. The van der Waals surface area contributed by atoms with Gasteiger partial charge in [-0.25, -0.2) is 24.0 Å². The van der Waals surface area contributed by atoms with Crippen molar-refractivity contribution in [1.29, 1.82) is 0 Å². The molecule has 4 saturated carbocycles. The van der Waals surface area contributed by atoms with Crippen LogP contribution in [-0.4, -0.2) is 163 Å². The van der Waals surface area contributed by atoms with E-state index in [9.17, 15) is 95.9 Å². The minimum Gasteiger partial charge on any atom is -0.481 e. The van der Waals surface area contributed by atoms with Crippen LogP contribution in [0.15, 0.2) is 84.9 Å². The molecule has 4 aromatic rings. The van der Waals surface area contributed by atoms with Crippen LogP contribution in [-0.2, 0) is 47.9 Å². The topological polar surface area (TPSA) is 544 Å². The molecular weight excluding hydrogens is 1650 g/mol. The highest BCUT2D eigenvalue weighted by Gasteiger charge is 2.40. The molecule has 4 fully saturated rings. The second-order valence-electron chi connectivity index (χ2n) is 23.6. The number of hydrogen-bond acceptors (Lipinski definition) is 20. The van der Waals surface area contributed by atoms with Gasteiger partial charge in [0.2, 0.25) is 26.2 Å². The molecule has 0 amide bonds. The first-order valence-corrected chi connectivity index (χ1v) is 34.6. The Labute approximate surface area is 660 Å². The van der Waals surface area contributed by atoms with Gasteiger partial charge in [0.1, 0.15) is 0 Å². The maximum absolute atomic E-state index is 11.0. The van der Waals surface area contributed by atoms with E-state index < -0.39 is 149 Å². The lowest BCUT2D eigenvalue weighted by Gasteiger charge is -2.29. The summed E-state index contributed by atoms with van der Waals surface area (Å²) < 4.78 is 0. The van der Waals surface area contributed by atoms with Crippen molar-refractivity contribution in [2.75, 3.05) is 0 Å². The van der Waals surface area contributed by atoms with Crippen LogP contribution in [0.5, 0.6) is 0 Å². The lowest BCUT2D eigenvalue weighted by Crippen LogP contribution is -2.34. The maximum Gasteiger partial charge on any atom is 0.335 e. The van der Waals surface area contributed by atoms with Crippen molar-refractivity contribution in [3.8, 4) is 0 Å². The third-order valence-electron chi connectivity index (χ3n) is 16.1. The smallest absolute Gasteiger partial charge is 0.335 e. The van der Waals surface area contributed by atoms with Gasteiger partial charge in [-0.3, -0.25) is 71.9 Å². The molecule has 0 aromatic heterocycles. The van der Waals surface area contributed by atoms with Crippen LogP contribution in [0.4, 0.5) is 0 Å². The van der Waals surface area contributed by atoms with E-state index in [1.165, 1.54) is 54.6 Å². The van der Waals surface area contributed by atoms with Crippen molar-refractivity contribution in [3.63, 3.8) is 0 Å². The molecule has 584 valence electrons. The number of carbonyl (C=O) groups excluding carboxylic acids is 10. The van der Waals surface area contributed by atoms with E-state index in [2.05, 4.69) is 0 Å². The third-order valence-corrected chi connectivity index (χ3v) is 18.7. The molecule has 0 spiro atoms. The van der Waals surface area contributed by atoms with Crippen LogP contribution < -0.4 is 0 Å². The normalized spacial score (nSPS) is 20.0. The first-order valence-electron chi connectivity index (χ1n) is 30.9. The van der Waals surface area contributed by atoms with Crippen LogP contribution in [0, 0.1) is 59.2 Å². The van der Waals surface area contributed by atoms with Gasteiger partial charge >= 0.3 is 59.7 Å². The van der Waals surface area contributed by atoms with Crippen LogP contribution in [0.2, 0.25) is 0 Å². The summed E-state index contributed by atoms with van der Waals surface area (Å²) in [5.74, 6) is -16.7. The molecule has 30 nitrogen and oxygen atoms in total. The van der Waals surface area contributed by atoms with Crippen LogP contribution in [0.25, 0.3) is 0 Å². The van der Waals surface area contributed by atoms with Gasteiger partial charge in [0.25, 0.3) is 26.2 Å². The molecule has 0 bridgehead atoms. The van der Waals surface area contributed by atoms with E-state index in [1.54, 1.807) is 6.07 Å². The Morgan fingerprint density at radius 3 is 0.583 bits per heavy atom. The van der Waals surface area contributed by atoms with Crippen molar-refractivity contribution in [2.24, 2.45) is 59.2 Å². The second kappa shape index (κ2) is 47.9. The number of rotatable bonds is 20. The van der Waals surface area contributed by atoms with Gasteiger partial charge < -0.3 is 51.1 Å². The highest BCUT2D eigenvalue weighted by molar-refractivity contribution is 6.71. The third kappa shape index (κ3) is 35.5. The Morgan fingerprint density at radius 2 is 0.380 bits per heavy atom. The molecule has 4 atom stereocenters. The maximum atomic E-state index is 11.0. The Morgan fingerprint density at radius 1 is 0.213 bits per heavy atom. The number of carbonyl (C=O) groups is 20. The quantitative estimate of drug-likeness (QED) is 0.0367. The lowest BCUT2D eigenvalue weighted by molar-refractivity contribution is -0.154. The first-order chi connectivity index (χ1) is 50.1. The van der Waals surface area contributed by atoms with Crippen LogP contribution in [0.3, 0.4) is 0 Å². The fourth-order valence-corrected chi connectivity index (χ4v) is 12.0. The predicted octanol–water partition coefficient (Wildman–Crippen LogP) is 13.0. The lowest BCUT2D eigenvalue weighted by atomic mass is 9.75. The standard InChI is InChI=1S/C9H9Cl3O3.C9H3Cl3O3.C9H12O6.C9H6O6.C8H10Cl2O2.C8H4Cl2O2.C8H12O4.C8H6O4/c2*10-7(13)4-1-5(8(11)14)3-6(2-4)9(12)15;2*10-7(11)4-1-5(8(12)13)3-6(2-4)9(14)15;2*9-7(11)5-2-1-3-6(4-5)8(10)12;2*9-7(10)5-2-1-3-6(4-5)8(11)12/h4-6H,1-3H2;1-3H;4-6H,1-3H2,(H,10,11)(H,12,13)(H,14,15);1-3H,(H,10,11)(H,12,13)(H,14,15);5-6H,1-4H2;1-4H;5-6H,1-4H2,(H,9,10)(H,11,12);1-4H,(H,9,10)(H,11,12). The van der Waals surface area contributed by atoms with Gasteiger partial charge in [0.05, 0.1) is 57.4 Å². The average Bonchev–Trinajstić information content (AvgIpc) is 0.849. The summed E-state index contributed by atoms with van der Waals surface area (Å²) in [7, 11) is 0. The summed E-state index contributed by atoms with van der Waals surface area (Å²) in [4.78, 5) is 214. The van der Waals surface area contributed by atoms with Crippen molar-refractivity contribution in [2.45, 2.75) is 89.9 Å². The predicted molar refractivity (Wildman–Crippen MR) is 383 cm³/mol. The molecule has 0 radical (unpaired) electrons. The number of aliphatic carboxylic acids is 5. The Balaban J connectivity index is 0.000000618. The van der Waals surface area contributed by atoms with Gasteiger partial charge in [-0.05, 0) is 254 Å². The molecule has 4 unspecified atom stereocenters. The van der Waals surface area contributed by atoms with Gasteiger partial charge in [-0.2, -0.15) is 0 Å². The number of halogens is 10. The Hall–Kier alpha value is -8.82. The van der Waals surface area contributed by atoms with Gasteiger partial charge in [-0.1, -0.05) is 37.1 Å². The van der Waals surface area contributed by atoms with E-state index in [0.717, 1.165) is 43.5 Å². The summed E-state index contributed by atoms with van der Waals surface area (Å²) in [6, 6.07) is 17.4. The molecule has 4 aliphatic carbocycles. The number of hydrogen-bond donors (Lipinski definition) is 10. The number of aromatic carboxylic acids is 5. The fourth-order valence-electron chi connectivity index (χ4n) is 10.6. The van der Waals surface area contributed by atoms with E-state index >= 15 is 0 Å². The van der Waals surface area contributed by atoms with Crippen molar-refractivity contribution in [1.82, 2.24) is 0 Å². The molecule has 10 N–H and O–H groups in total. The van der Waals surface area contributed by atoms with Gasteiger partial charge in [0, 0.05) is 57.4 Å². The highest BCUT2D eigenvalue weighted by Crippen LogP contribution is 2.38. The number of benzene rings is 4. The Kier molecular flexibility index (Phi) is 43.1. The molecule has 0 heterocycles. The summed E-state index contributed by atoms with van der Waals surface area (Å²) >= 11 is 52.7. The van der Waals surface area contributed by atoms with Crippen molar-refractivity contribution >= 4 is 228 Å². The average molecular weight is 1710 g/mol. The van der Waals surface area contributed by atoms with Gasteiger partial charge in [-0.15, -0.1) is 0 Å². The molecule has 0 saturated heterocycles. The van der Waals surface area contributed by atoms with Gasteiger partial charge in [0.15, 0.2) is 0 Å². The van der Waals surface area contributed by atoms with E-state index in [-0.39, 0.29) is 97.2 Å². The Bertz CT molecular complexity index is 3480. The SMILES string of the molecule is O=C(Cl)C1CC(C(=O)Cl)CC(C(=O)Cl)C1.O=C(Cl)C1CCCC(C(=O)Cl)C1.O=C(Cl)c1cc(C(=O)Cl)cc(C(=O)Cl)c1.O=C(Cl)c1cccc(C(=O)Cl)c1.O=C(O)C1CC(C(=O)O)CC(C(=O)O)C1.O=C(O)C1CCCC(C(=O)O)C1.O=C(O)c1cc(C(=O)O)cc(C(=O)O)c1.O=C(O)c1cccc(C(=O)O)c1. The molecular formula is C68H62Cl10O30. The zero-order valence-electron chi connectivity index (χ0n) is 55.2. The molecule has 8 rings (SSSR count). The molecule has 40 heteroatoms. The van der Waals surface area contributed by atoms with Crippen LogP contribution in [0.1, 0.15) is 193 Å². The van der Waals surface area contributed by atoms with E-state index in [4.69, 9.17) is 167 Å². The second-order valence-corrected chi connectivity index (χ2v) is 27.2. The zero-order chi connectivity index (χ0) is 82.9. The molecule has 0 aliphatic heterocycles. The summed E-state index contributed by atoms with van der Waals surface area (Å²) in [6.45, 7) is 0. The van der Waals surface area contributed by atoms with Crippen molar-refractivity contribution in [3.05, 3.63) is 141 Å². The van der Waals surface area contributed by atoms with Crippen LogP contribution >= 0.6 is 116 Å². The summed E-state index contributed by atoms with van der Waals surface area (Å²) in [5.41, 5.74) is -0.630. The fraction of sp³-hybridized carbons (Fsp3) is 0.353. The highest BCUT2D eigenvalue weighted by atomic mass is 35.5. The zero-order valence-corrected chi connectivity index (χ0v) is 62.7.